The number of carbonyl (C=O) groups excluding carboxylic acids is 1. The molecule has 1 N–H and O–H groups in total. The highest BCUT2D eigenvalue weighted by molar-refractivity contribution is 7.99. The molecule has 0 radical (unpaired) electrons. The maximum absolute atomic E-state index is 12.6. The van der Waals surface area contributed by atoms with Crippen LogP contribution >= 0.6 is 23.1 Å². The number of rotatable bonds is 6. The summed E-state index contributed by atoms with van der Waals surface area (Å²) in [4.78, 5) is 13.6. The third-order valence-corrected chi connectivity index (χ3v) is 6.44. The fourth-order valence-electron chi connectivity index (χ4n) is 3.09. The van der Waals surface area contributed by atoms with E-state index >= 15 is 0 Å². The van der Waals surface area contributed by atoms with Gasteiger partial charge in [0.25, 0.3) is 5.91 Å². The molecule has 3 aromatic heterocycles. The van der Waals surface area contributed by atoms with Crippen molar-refractivity contribution in [3.8, 4) is 16.8 Å². The second-order valence-corrected chi connectivity index (χ2v) is 8.77. The summed E-state index contributed by atoms with van der Waals surface area (Å²) in [6.45, 7) is 0. The van der Waals surface area contributed by atoms with E-state index in [2.05, 4.69) is 33.7 Å². The van der Waals surface area contributed by atoms with Gasteiger partial charge in [-0.3, -0.25) is 10.1 Å². The Kier molecular flexibility index (Phi) is 5.76. The number of benzene rings is 2. The van der Waals surface area contributed by atoms with E-state index < -0.39 is 5.91 Å². The number of anilines is 1. The molecule has 5 aromatic rings. The van der Waals surface area contributed by atoms with Crippen molar-refractivity contribution in [1.29, 1.82) is 5.26 Å². The van der Waals surface area contributed by atoms with Crippen LogP contribution in [0.25, 0.3) is 27.6 Å². The topological polar surface area (TPSA) is 105 Å². The third kappa shape index (κ3) is 4.57. The zero-order valence-electron chi connectivity index (χ0n) is 16.9. The molecular weight excluding hydrogens is 456 g/mol. The highest BCUT2D eigenvalue weighted by Crippen LogP contribution is 2.35. The second-order valence-electron chi connectivity index (χ2n) is 6.75. The molecule has 0 unspecified atom stereocenters. The second kappa shape index (κ2) is 9.16. The van der Waals surface area contributed by atoms with Gasteiger partial charge in [-0.15, -0.1) is 10.2 Å². The number of hydrogen-bond acceptors (Lipinski definition) is 8. The summed E-state index contributed by atoms with van der Waals surface area (Å²) >= 11 is 2.63. The summed E-state index contributed by atoms with van der Waals surface area (Å²) in [5, 5.41) is 23.7. The first-order chi connectivity index (χ1) is 16.2. The Morgan fingerprint density at radius 1 is 1.06 bits per heavy atom. The number of nitrogens with one attached hydrogen (secondary N) is 1. The first-order valence-corrected chi connectivity index (χ1v) is 11.4. The number of nitrogens with zero attached hydrogens (tertiary/aromatic N) is 3. The molecule has 2 aromatic carbocycles. The van der Waals surface area contributed by atoms with E-state index in [1.807, 2.05) is 36.4 Å². The van der Waals surface area contributed by atoms with Gasteiger partial charge in [-0.05, 0) is 41.1 Å². The molecule has 0 saturated heterocycles. The summed E-state index contributed by atoms with van der Waals surface area (Å²) in [5.74, 6) is 0.355. The number of aromatic nitrogens is 2. The van der Waals surface area contributed by atoms with E-state index in [0.717, 1.165) is 27.0 Å². The molecule has 7 nitrogen and oxygen atoms in total. The number of fused-ring (bicyclic) bond motifs is 1. The highest BCUT2D eigenvalue weighted by Gasteiger charge is 2.15. The summed E-state index contributed by atoms with van der Waals surface area (Å²) in [5.41, 5.74) is -0.110. The van der Waals surface area contributed by atoms with Crippen LogP contribution in [-0.2, 0) is 4.79 Å². The summed E-state index contributed by atoms with van der Waals surface area (Å²) in [6, 6.07) is 23.1. The lowest BCUT2D eigenvalue weighted by atomic mass is 10.1. The molecule has 0 aliphatic rings. The lowest BCUT2D eigenvalue weighted by molar-refractivity contribution is -0.112. The minimum Gasteiger partial charge on any atom is -0.462 e. The molecule has 5 rings (SSSR count). The Labute approximate surface area is 196 Å². The number of furan rings is 2. The Morgan fingerprint density at radius 3 is 2.79 bits per heavy atom. The normalized spacial score (nSPS) is 11.4. The summed E-state index contributed by atoms with van der Waals surface area (Å²) < 4.78 is 11.1. The molecule has 33 heavy (non-hydrogen) atoms. The monoisotopic (exact) mass is 470 g/mol. The van der Waals surface area contributed by atoms with Crippen molar-refractivity contribution in [2.45, 2.75) is 9.99 Å². The zero-order valence-corrected chi connectivity index (χ0v) is 18.5. The molecule has 0 fully saturated rings. The van der Waals surface area contributed by atoms with Gasteiger partial charge in [-0.1, -0.05) is 59.5 Å². The molecule has 0 aliphatic carbocycles. The van der Waals surface area contributed by atoms with Crippen LogP contribution in [-0.4, -0.2) is 16.1 Å². The van der Waals surface area contributed by atoms with Crippen LogP contribution in [0.4, 0.5) is 5.13 Å². The van der Waals surface area contributed by atoms with Crippen LogP contribution < -0.4 is 5.32 Å². The Hall–Kier alpha value is -4.13. The standard InChI is InChI=1S/C24H14N4O3S2/c25-14-16(22(29)26-24-28-27-23(33-24)19-8-4-12-30-19)13-17-10-11-21(31-17)32-20-9-3-6-15-5-1-2-7-18(15)20/h1-13H,(H,26,28,29)/b16-13-. The molecule has 1 amide bonds. The smallest absolute Gasteiger partial charge is 0.268 e. The van der Waals surface area contributed by atoms with Gasteiger partial charge in [0.2, 0.25) is 5.13 Å². The van der Waals surface area contributed by atoms with Crippen molar-refractivity contribution < 1.29 is 13.6 Å². The molecule has 0 aliphatic heterocycles. The van der Waals surface area contributed by atoms with E-state index in [9.17, 15) is 10.1 Å². The SMILES string of the molecule is N#C/C(=C/c1ccc(Sc2cccc3ccccc23)o1)C(=O)Nc1nnc(-c2ccco2)s1. The molecule has 160 valence electrons. The van der Waals surface area contributed by atoms with E-state index in [4.69, 9.17) is 8.83 Å². The number of hydrogen-bond donors (Lipinski definition) is 1. The van der Waals surface area contributed by atoms with Gasteiger partial charge >= 0.3 is 0 Å². The molecule has 0 atom stereocenters. The number of amides is 1. The summed E-state index contributed by atoms with van der Waals surface area (Å²) in [6.07, 6.45) is 2.93. The van der Waals surface area contributed by atoms with Crippen molar-refractivity contribution >= 4 is 51.0 Å². The third-order valence-electron chi connectivity index (χ3n) is 4.59. The number of carbonyl (C=O) groups is 1. The average Bonchev–Trinajstić information content (AvgIpc) is 3.60. The van der Waals surface area contributed by atoms with Crippen LogP contribution in [0.5, 0.6) is 0 Å². The van der Waals surface area contributed by atoms with Gasteiger partial charge in [-0.25, -0.2) is 0 Å². The Balaban J connectivity index is 1.31. The molecule has 3 heterocycles. The maximum atomic E-state index is 12.6. The van der Waals surface area contributed by atoms with Gasteiger partial charge in [0.15, 0.2) is 15.9 Å². The van der Waals surface area contributed by atoms with Gasteiger partial charge in [0.1, 0.15) is 17.4 Å². The van der Waals surface area contributed by atoms with Crippen LogP contribution in [0.2, 0.25) is 0 Å². The Bertz CT molecular complexity index is 1500. The zero-order chi connectivity index (χ0) is 22.6. The minimum atomic E-state index is -0.598. The predicted molar refractivity (Wildman–Crippen MR) is 127 cm³/mol. The molecule has 9 heteroatoms. The largest absolute Gasteiger partial charge is 0.462 e. The average molecular weight is 471 g/mol. The highest BCUT2D eigenvalue weighted by atomic mass is 32.2. The van der Waals surface area contributed by atoms with Gasteiger partial charge in [0, 0.05) is 11.0 Å². The van der Waals surface area contributed by atoms with Crippen LogP contribution in [0, 0.1) is 11.3 Å². The molecule has 0 saturated carbocycles. The number of nitriles is 1. The van der Waals surface area contributed by atoms with Crippen molar-refractivity contribution in [2.75, 3.05) is 5.32 Å². The minimum absolute atomic E-state index is 0.110. The predicted octanol–water partition coefficient (Wildman–Crippen LogP) is 6.24. The van der Waals surface area contributed by atoms with Crippen LogP contribution in [0.1, 0.15) is 5.76 Å². The maximum Gasteiger partial charge on any atom is 0.268 e. The fraction of sp³-hybridized carbons (Fsp3) is 0. The molecule has 0 spiro atoms. The van der Waals surface area contributed by atoms with Gasteiger partial charge in [0.05, 0.1) is 6.26 Å². The van der Waals surface area contributed by atoms with E-state index in [-0.39, 0.29) is 10.7 Å². The Morgan fingerprint density at radius 2 is 1.94 bits per heavy atom. The van der Waals surface area contributed by atoms with Crippen LogP contribution in [0.3, 0.4) is 0 Å². The van der Waals surface area contributed by atoms with Crippen molar-refractivity contribution in [3.63, 3.8) is 0 Å². The molecular formula is C24H14N4O3S2. The lowest BCUT2D eigenvalue weighted by Gasteiger charge is -2.04. The summed E-state index contributed by atoms with van der Waals surface area (Å²) in [7, 11) is 0. The first-order valence-electron chi connectivity index (χ1n) is 9.75. The molecule has 0 bridgehead atoms. The van der Waals surface area contributed by atoms with Crippen molar-refractivity contribution in [2.24, 2.45) is 0 Å². The van der Waals surface area contributed by atoms with E-state index in [1.54, 1.807) is 18.2 Å². The van der Waals surface area contributed by atoms with E-state index in [0.29, 0.717) is 21.6 Å². The van der Waals surface area contributed by atoms with Gasteiger partial charge in [-0.2, -0.15) is 5.26 Å². The van der Waals surface area contributed by atoms with Gasteiger partial charge < -0.3 is 8.83 Å². The van der Waals surface area contributed by atoms with Crippen molar-refractivity contribution in [3.05, 3.63) is 84.3 Å². The fourth-order valence-corrected chi connectivity index (χ4v) is 4.73. The van der Waals surface area contributed by atoms with Crippen LogP contribution in [0.15, 0.2) is 97.4 Å². The quantitative estimate of drug-likeness (QED) is 0.231. The lowest BCUT2D eigenvalue weighted by Crippen LogP contribution is -2.13. The van der Waals surface area contributed by atoms with Crippen molar-refractivity contribution in [1.82, 2.24) is 10.2 Å². The first kappa shape index (κ1) is 20.8. The van der Waals surface area contributed by atoms with E-state index in [1.165, 1.54) is 24.1 Å².